The van der Waals surface area contributed by atoms with Crippen LogP contribution >= 0.6 is 0 Å². The standard InChI is InChI=1S/C104H182N4O36/c1-15-85(7)100(96(119-12)82-98(115)108-28-20-25-93(108)101(120-13)87(9)94(112)80-89(104(118)121-14)79-88-22-18-17-19-23-88)106(11)103(117)92(83(3)4)81-95(113)99(84(5)6)105(10)102(116)86(8)78-91(111)27-30-107(97(114)16-2)29-26-90(110)24-21-32-122-34-36-124-38-40-126-42-44-128-46-48-130-50-52-132-54-56-134-58-60-136-62-64-138-66-68-140-70-72-142-74-76-144-77-75-143-73-71-141-69-67-139-65-63-137-61-59-135-57-55-133-53-51-131-49-47-129-45-43-127-41-39-125-37-35-123-33-31-109/h2,17-19,22-23,83-87,89,92-93,96,99-101,109H,15,20-21,24-82H2,1,3-14H3/t85-,86+,87-,89+,92-,93-,96+,99-,100-,101+/m0/s1. The molecule has 1 aromatic rings. The zero-order valence-electron chi connectivity index (χ0n) is 89.3. The van der Waals surface area contributed by atoms with Crippen LogP contribution < -0.4 is 0 Å². The summed E-state index contributed by atoms with van der Waals surface area (Å²) in [7, 11) is 7.55. The van der Waals surface area contributed by atoms with Crippen molar-refractivity contribution in [3.63, 3.8) is 0 Å². The second-order valence-corrected chi connectivity index (χ2v) is 35.4. The maximum Gasteiger partial charge on any atom is 0.309 e. The molecule has 1 saturated heterocycles. The lowest BCUT2D eigenvalue weighted by Crippen LogP contribution is -2.54. The molecule has 0 radical (unpaired) electrons. The molecule has 1 fully saturated rings. The van der Waals surface area contributed by atoms with Crippen LogP contribution in [0.15, 0.2) is 30.3 Å². The van der Waals surface area contributed by atoms with Gasteiger partial charge in [0.15, 0.2) is 5.78 Å². The van der Waals surface area contributed by atoms with Gasteiger partial charge in [0.25, 0.3) is 5.91 Å². The van der Waals surface area contributed by atoms with Crippen LogP contribution in [0, 0.1) is 53.8 Å². The quantitative estimate of drug-likeness (QED) is 0.0432. The van der Waals surface area contributed by atoms with Crippen molar-refractivity contribution in [3.05, 3.63) is 35.9 Å². The normalized spacial score (nSPS) is 14.7. The molecule has 0 aliphatic carbocycles. The van der Waals surface area contributed by atoms with E-state index in [1.54, 1.807) is 30.7 Å². The van der Waals surface area contributed by atoms with Crippen LogP contribution in [0.3, 0.4) is 0 Å². The second kappa shape index (κ2) is 91.7. The fourth-order valence-corrected chi connectivity index (χ4v) is 15.8. The molecule has 1 aromatic carbocycles. The van der Waals surface area contributed by atoms with E-state index in [4.69, 9.17) is 135 Å². The van der Waals surface area contributed by atoms with Gasteiger partial charge in [-0.05, 0) is 54.9 Å². The molecule has 0 spiro atoms. The number of hydrogen-bond donors (Lipinski definition) is 1. The van der Waals surface area contributed by atoms with E-state index in [9.17, 15) is 43.2 Å². The largest absolute Gasteiger partial charge is 0.469 e. The van der Waals surface area contributed by atoms with Gasteiger partial charge >= 0.3 is 5.97 Å². The van der Waals surface area contributed by atoms with Crippen LogP contribution in [0.5, 0.6) is 0 Å². The van der Waals surface area contributed by atoms with Crippen LogP contribution in [0.4, 0.5) is 0 Å². The van der Waals surface area contributed by atoms with Crippen molar-refractivity contribution < 1.29 is 171 Å². The Morgan fingerprint density at radius 3 is 1.09 bits per heavy atom. The van der Waals surface area contributed by atoms with Crippen LogP contribution in [0.25, 0.3) is 0 Å². The first-order valence-electron chi connectivity index (χ1n) is 51.7. The number of esters is 1. The molecule has 10 atom stereocenters. The number of amides is 4. The van der Waals surface area contributed by atoms with E-state index in [1.807, 2.05) is 71.9 Å². The van der Waals surface area contributed by atoms with Crippen molar-refractivity contribution in [2.75, 3.05) is 366 Å². The summed E-state index contributed by atoms with van der Waals surface area (Å²) in [5.74, 6) is -4.87. The third kappa shape index (κ3) is 66.4. The summed E-state index contributed by atoms with van der Waals surface area (Å²) in [6.45, 7) is 35.5. The molecule has 4 amide bonds. The van der Waals surface area contributed by atoms with Crippen LogP contribution in [0.2, 0.25) is 0 Å². The molecule has 834 valence electrons. The van der Waals surface area contributed by atoms with Gasteiger partial charge in [0.05, 0.1) is 354 Å². The highest BCUT2D eigenvalue weighted by Gasteiger charge is 2.45. The molecule has 0 aromatic heterocycles. The van der Waals surface area contributed by atoms with Gasteiger partial charge in [0.2, 0.25) is 17.7 Å². The van der Waals surface area contributed by atoms with E-state index in [1.165, 1.54) is 38.2 Å². The van der Waals surface area contributed by atoms with Crippen molar-refractivity contribution in [1.29, 1.82) is 0 Å². The predicted molar refractivity (Wildman–Crippen MR) is 534 cm³/mol. The number of rotatable bonds is 104. The number of aliphatic hydroxyl groups excluding tert-OH is 1. The Morgan fingerprint density at radius 1 is 0.417 bits per heavy atom. The highest BCUT2D eigenvalue weighted by Crippen LogP contribution is 2.33. The van der Waals surface area contributed by atoms with E-state index in [2.05, 4.69) is 5.92 Å². The second-order valence-electron chi connectivity index (χ2n) is 35.4. The molecule has 40 heteroatoms. The summed E-state index contributed by atoms with van der Waals surface area (Å²) >= 11 is 0. The van der Waals surface area contributed by atoms with Crippen molar-refractivity contribution >= 4 is 52.7 Å². The van der Waals surface area contributed by atoms with Gasteiger partial charge in [-0.25, -0.2) is 0 Å². The topological polar surface area (TPSA) is 427 Å². The summed E-state index contributed by atoms with van der Waals surface area (Å²) < 4.78 is 144. The van der Waals surface area contributed by atoms with Crippen LogP contribution in [0.1, 0.15) is 132 Å². The molecule has 0 bridgehead atoms. The summed E-state index contributed by atoms with van der Waals surface area (Å²) in [4.78, 5) is 131. The van der Waals surface area contributed by atoms with Gasteiger partial charge in [-0.1, -0.05) is 92.1 Å². The van der Waals surface area contributed by atoms with Crippen LogP contribution in [-0.4, -0.2) is 473 Å². The predicted octanol–water partition coefficient (Wildman–Crippen LogP) is 6.17. The molecular formula is C104H182N4O36. The number of terminal acetylenes is 1. The van der Waals surface area contributed by atoms with E-state index in [0.29, 0.717) is 343 Å². The smallest absolute Gasteiger partial charge is 0.309 e. The molecule has 1 aliphatic heterocycles. The summed E-state index contributed by atoms with van der Waals surface area (Å²) in [6, 6.07) is 7.44. The van der Waals surface area contributed by atoms with E-state index >= 15 is 0 Å². The van der Waals surface area contributed by atoms with Gasteiger partial charge < -0.3 is 148 Å². The van der Waals surface area contributed by atoms with E-state index in [-0.39, 0.29) is 117 Å². The maximum atomic E-state index is 15.0. The SMILES string of the molecule is C#CC(=O)N(CCC(=O)CCCOCCOCCOCCOCCOCCOCCOCCOCCOCCOCCOCCOCCOCCOCCOCCOCCOCCOCCOCCOCCOCCOCCOCCO)CCC(=O)C[C@@H](C)C(=O)N(C)[C@H](C(=O)C[C@H](C(=O)N(C)[C@@H]([C@@H](C)CC)[C@@H](CC(=O)N1CCC[C@H]1[C@H](OC)[C@@H](C)C(=O)C[C@@H](Cc1ccccc1)C(=O)OC)OC)C(C)C)C(C)C. The van der Waals surface area contributed by atoms with Crippen molar-refractivity contribution in [3.8, 4) is 12.3 Å². The lowest BCUT2D eigenvalue weighted by Gasteiger charge is -2.41. The number of ketones is 4. The zero-order chi connectivity index (χ0) is 105. The molecule has 1 heterocycles. The number of hydrogen-bond acceptors (Lipinski definition) is 36. The summed E-state index contributed by atoms with van der Waals surface area (Å²) in [5, 5.41) is 8.64. The Balaban J connectivity index is 1.43. The van der Waals surface area contributed by atoms with Gasteiger partial charge in [-0.15, -0.1) is 6.42 Å². The first-order chi connectivity index (χ1) is 69.9. The van der Waals surface area contributed by atoms with Gasteiger partial charge in [0, 0.05) is 111 Å². The monoisotopic (exact) mass is 2060 g/mol. The summed E-state index contributed by atoms with van der Waals surface area (Å²) in [5.41, 5.74) is 0.898. The number of carbonyl (C=O) groups excluding carboxylic acids is 9. The van der Waals surface area contributed by atoms with Gasteiger partial charge in [0.1, 0.15) is 17.3 Å². The Bertz CT molecular complexity index is 3390. The number of benzene rings is 1. The highest BCUT2D eigenvalue weighted by molar-refractivity contribution is 5.95. The minimum absolute atomic E-state index is 0.00569. The molecule has 1 aliphatic rings. The molecule has 40 nitrogen and oxygen atoms in total. The molecule has 2 rings (SSSR count). The number of likely N-dealkylation sites (N-methyl/N-ethyl adjacent to an activating group) is 2. The Kier molecular flexibility index (Phi) is 85.3. The minimum Gasteiger partial charge on any atom is -0.469 e. The minimum atomic E-state index is -0.944. The van der Waals surface area contributed by atoms with Crippen LogP contribution in [-0.2, 0) is 173 Å². The summed E-state index contributed by atoms with van der Waals surface area (Å²) in [6.07, 6.45) is 6.33. The molecular weight excluding hydrogens is 1880 g/mol. The number of Topliss-reactive ketones (excluding diaryl/α,β-unsaturated/α-hetero) is 4. The Morgan fingerprint density at radius 2 is 0.771 bits per heavy atom. The first kappa shape index (κ1) is 134. The molecule has 0 saturated carbocycles. The number of likely N-dealkylation sites (tertiary alicyclic amines) is 1. The van der Waals surface area contributed by atoms with Crippen molar-refractivity contribution in [2.24, 2.45) is 41.4 Å². The maximum absolute atomic E-state index is 15.0. The lowest BCUT2D eigenvalue weighted by molar-refractivity contribution is -0.150. The fraction of sp³-hybridized carbons (Fsp3) is 0.837. The van der Waals surface area contributed by atoms with E-state index in [0.717, 1.165) is 5.56 Å². The third-order valence-electron chi connectivity index (χ3n) is 23.8. The number of nitrogens with zero attached hydrogens (tertiary/aromatic N) is 4. The van der Waals surface area contributed by atoms with Crippen molar-refractivity contribution in [2.45, 2.75) is 163 Å². The number of carbonyl (C=O) groups is 9. The average Bonchev–Trinajstić information content (AvgIpc) is 1.78. The van der Waals surface area contributed by atoms with Gasteiger partial charge in [-0.2, -0.15) is 0 Å². The number of ether oxygens (including phenoxy) is 26. The molecule has 144 heavy (non-hydrogen) atoms. The average molecular weight is 2060 g/mol. The molecule has 1 N–H and O–H groups in total. The zero-order valence-corrected chi connectivity index (χ0v) is 89.3. The third-order valence-corrected chi connectivity index (χ3v) is 23.8. The highest BCUT2D eigenvalue weighted by atomic mass is 16.6. The first-order valence-corrected chi connectivity index (χ1v) is 51.7. The number of methoxy groups -OCH3 is 3. The lowest BCUT2D eigenvalue weighted by atomic mass is 9.83. The fourth-order valence-electron chi connectivity index (χ4n) is 15.8. The Labute approximate surface area is 857 Å². The number of aliphatic hydroxyl groups is 1. The molecule has 0 unspecified atom stereocenters. The van der Waals surface area contributed by atoms with E-state index < -0.39 is 71.8 Å². The van der Waals surface area contributed by atoms with Gasteiger partial charge in [-0.3, -0.25) is 43.2 Å². The van der Waals surface area contributed by atoms with Crippen molar-refractivity contribution in [1.82, 2.24) is 19.6 Å². The Hall–Kier alpha value is -6.23.